The van der Waals surface area contributed by atoms with Gasteiger partial charge in [0.25, 0.3) is 5.91 Å². The zero-order valence-electron chi connectivity index (χ0n) is 16.5. The van der Waals surface area contributed by atoms with Crippen LogP contribution in [-0.4, -0.2) is 21.2 Å². The second-order valence-electron chi connectivity index (χ2n) is 6.99. The monoisotopic (exact) mass is 454 g/mol. The summed E-state index contributed by atoms with van der Waals surface area (Å²) in [5.74, 6) is -0.670. The molecule has 4 rings (SSSR count). The minimum absolute atomic E-state index is 0.334. The Kier molecular flexibility index (Phi) is 5.67. The fraction of sp³-hybridized carbons (Fsp3) is 0.136. The Balaban J connectivity index is 1.64. The molecule has 4 N–H and O–H groups in total. The number of primary amides is 2. The Bertz CT molecular complexity index is 1300. The third-order valence-corrected chi connectivity index (χ3v) is 6.32. The number of nitrogens with zero attached hydrogens (tertiary/aromatic N) is 2. The Morgan fingerprint density at radius 2 is 1.97 bits per heavy atom. The van der Waals surface area contributed by atoms with Crippen molar-refractivity contribution < 1.29 is 14.3 Å². The van der Waals surface area contributed by atoms with Crippen LogP contribution in [-0.2, 0) is 6.42 Å². The molecule has 158 valence electrons. The number of ether oxygens (including phenoxy) is 1. The van der Waals surface area contributed by atoms with Crippen molar-refractivity contribution in [2.24, 2.45) is 11.5 Å². The third kappa shape index (κ3) is 4.26. The molecule has 3 aromatic heterocycles. The fourth-order valence-electron chi connectivity index (χ4n) is 3.31. The molecule has 4 aromatic rings. The van der Waals surface area contributed by atoms with Gasteiger partial charge in [0.15, 0.2) is 0 Å². The molecule has 2 amide bonds. The smallest absolute Gasteiger partial charge is 0.262 e. The van der Waals surface area contributed by atoms with Crippen molar-refractivity contribution >= 4 is 40.4 Å². The van der Waals surface area contributed by atoms with E-state index >= 15 is 0 Å². The van der Waals surface area contributed by atoms with Gasteiger partial charge in [-0.1, -0.05) is 29.8 Å². The predicted octanol–water partition coefficient (Wildman–Crippen LogP) is 3.98. The first-order valence-electron chi connectivity index (χ1n) is 9.43. The van der Waals surface area contributed by atoms with Crippen molar-refractivity contribution in [1.82, 2.24) is 9.38 Å². The predicted molar refractivity (Wildman–Crippen MR) is 120 cm³/mol. The number of carbonyl (C=O) groups is 2. The fourth-order valence-corrected chi connectivity index (χ4v) is 4.56. The molecule has 0 spiro atoms. The first-order chi connectivity index (χ1) is 14.8. The van der Waals surface area contributed by atoms with Gasteiger partial charge in [-0.25, -0.2) is 4.98 Å². The lowest BCUT2D eigenvalue weighted by atomic mass is 10.1. The summed E-state index contributed by atoms with van der Waals surface area (Å²) in [5, 5.41) is 0.585. The molecule has 0 radical (unpaired) electrons. The van der Waals surface area contributed by atoms with Crippen LogP contribution < -0.4 is 16.2 Å². The van der Waals surface area contributed by atoms with E-state index in [1.807, 2.05) is 25.1 Å². The van der Waals surface area contributed by atoms with Crippen molar-refractivity contribution in [2.45, 2.75) is 19.4 Å². The van der Waals surface area contributed by atoms with Crippen molar-refractivity contribution in [3.8, 4) is 5.75 Å². The number of benzene rings is 1. The summed E-state index contributed by atoms with van der Waals surface area (Å²) in [7, 11) is 0. The van der Waals surface area contributed by atoms with Crippen LogP contribution in [0.15, 0.2) is 54.9 Å². The maximum absolute atomic E-state index is 12.0. The van der Waals surface area contributed by atoms with Gasteiger partial charge in [-0.2, -0.15) is 0 Å². The molecule has 7 nitrogen and oxygen atoms in total. The topological polar surface area (TPSA) is 113 Å². The maximum Gasteiger partial charge on any atom is 0.262 e. The van der Waals surface area contributed by atoms with Gasteiger partial charge in [0, 0.05) is 40.0 Å². The highest BCUT2D eigenvalue weighted by Crippen LogP contribution is 2.35. The van der Waals surface area contributed by atoms with E-state index in [0.29, 0.717) is 33.3 Å². The summed E-state index contributed by atoms with van der Waals surface area (Å²) in [6.45, 7) is 1.86. The number of thiophene rings is 1. The second kappa shape index (κ2) is 8.41. The first-order valence-corrected chi connectivity index (χ1v) is 10.6. The minimum atomic E-state index is -0.563. The quantitative estimate of drug-likeness (QED) is 0.439. The lowest BCUT2D eigenvalue weighted by Crippen LogP contribution is -2.12. The second-order valence-corrected chi connectivity index (χ2v) is 8.53. The average Bonchev–Trinajstić information content (AvgIpc) is 3.32. The lowest BCUT2D eigenvalue weighted by Gasteiger charge is -2.16. The van der Waals surface area contributed by atoms with Crippen LogP contribution in [0.4, 0.5) is 0 Å². The van der Waals surface area contributed by atoms with Crippen LogP contribution >= 0.6 is 22.9 Å². The normalized spacial score (nSPS) is 12.1. The molecule has 0 aliphatic heterocycles. The number of hydrogen-bond donors (Lipinski definition) is 2. The van der Waals surface area contributed by atoms with Crippen molar-refractivity contribution in [2.75, 3.05) is 0 Å². The van der Waals surface area contributed by atoms with Gasteiger partial charge in [-0.05, 0) is 31.2 Å². The summed E-state index contributed by atoms with van der Waals surface area (Å²) >= 11 is 7.53. The average molecular weight is 455 g/mol. The van der Waals surface area contributed by atoms with Gasteiger partial charge < -0.3 is 20.6 Å². The van der Waals surface area contributed by atoms with Crippen LogP contribution in [0.3, 0.4) is 0 Å². The Morgan fingerprint density at radius 1 is 1.19 bits per heavy atom. The van der Waals surface area contributed by atoms with Gasteiger partial charge in [0.05, 0.1) is 5.56 Å². The zero-order chi connectivity index (χ0) is 22.1. The molecule has 1 aromatic carbocycles. The molecule has 9 heteroatoms. The van der Waals surface area contributed by atoms with E-state index < -0.39 is 11.8 Å². The lowest BCUT2D eigenvalue weighted by molar-refractivity contribution is 0.0990. The van der Waals surface area contributed by atoms with Crippen LogP contribution in [0.5, 0.6) is 5.75 Å². The largest absolute Gasteiger partial charge is 0.484 e. The van der Waals surface area contributed by atoms with E-state index in [1.165, 1.54) is 11.3 Å². The summed E-state index contributed by atoms with van der Waals surface area (Å²) in [5.41, 5.74) is 13.7. The standard InChI is InChI=1S/C22H19ClN4O3S/c1-12(16-4-2-3-5-17(16)23)30-18-9-15(31-20(18)22(25)29)8-14-10-26-19-7-6-13(21(24)28)11-27(14)19/h2-7,9-12H,8H2,1H3,(H2,24,28)(H2,25,29). The molecular formula is C22H19ClN4O3S. The van der Waals surface area contributed by atoms with Crippen molar-refractivity contribution in [3.63, 3.8) is 0 Å². The number of carbonyl (C=O) groups excluding carboxylic acids is 2. The minimum Gasteiger partial charge on any atom is -0.484 e. The van der Waals surface area contributed by atoms with Crippen LogP contribution in [0.2, 0.25) is 5.02 Å². The number of imidazole rings is 1. The molecular weight excluding hydrogens is 436 g/mol. The number of aromatic nitrogens is 2. The maximum atomic E-state index is 12.0. The molecule has 0 saturated heterocycles. The van der Waals surface area contributed by atoms with E-state index in [0.717, 1.165) is 16.1 Å². The zero-order valence-corrected chi connectivity index (χ0v) is 18.1. The van der Waals surface area contributed by atoms with E-state index in [-0.39, 0.29) is 6.10 Å². The molecule has 0 fully saturated rings. The van der Waals surface area contributed by atoms with E-state index in [4.69, 9.17) is 27.8 Å². The first kappa shape index (κ1) is 20.9. The number of fused-ring (bicyclic) bond motifs is 1. The molecule has 31 heavy (non-hydrogen) atoms. The SMILES string of the molecule is CC(Oc1cc(Cc2cnc3ccc(C(N)=O)cn23)sc1C(N)=O)c1ccccc1Cl. The van der Waals surface area contributed by atoms with Gasteiger partial charge >= 0.3 is 0 Å². The number of halogens is 1. The third-order valence-electron chi connectivity index (χ3n) is 4.84. The summed E-state index contributed by atoms with van der Waals surface area (Å²) in [6.07, 6.45) is 3.47. The molecule has 0 saturated carbocycles. The summed E-state index contributed by atoms with van der Waals surface area (Å²) in [4.78, 5) is 29.1. The number of amides is 2. The molecule has 0 aliphatic rings. The van der Waals surface area contributed by atoms with Crippen molar-refractivity contribution in [3.05, 3.63) is 86.5 Å². The molecule has 3 heterocycles. The number of pyridine rings is 1. The highest BCUT2D eigenvalue weighted by Gasteiger charge is 2.20. The van der Waals surface area contributed by atoms with E-state index in [9.17, 15) is 9.59 Å². The summed E-state index contributed by atoms with van der Waals surface area (Å²) < 4.78 is 7.86. The Morgan fingerprint density at radius 3 is 2.68 bits per heavy atom. The van der Waals surface area contributed by atoms with Gasteiger partial charge in [-0.15, -0.1) is 11.3 Å². The number of rotatable bonds is 7. The van der Waals surface area contributed by atoms with E-state index in [2.05, 4.69) is 4.98 Å². The van der Waals surface area contributed by atoms with Gasteiger partial charge in [0.1, 0.15) is 22.4 Å². The molecule has 1 atom stereocenters. The van der Waals surface area contributed by atoms with E-state index in [1.54, 1.807) is 41.1 Å². The Labute approximate surface area is 187 Å². The van der Waals surface area contributed by atoms with Crippen molar-refractivity contribution in [1.29, 1.82) is 0 Å². The van der Waals surface area contributed by atoms with Crippen LogP contribution in [0.25, 0.3) is 5.65 Å². The van der Waals surface area contributed by atoms with Gasteiger partial charge in [-0.3, -0.25) is 9.59 Å². The Hall–Kier alpha value is -3.36. The van der Waals surface area contributed by atoms with Crippen LogP contribution in [0.1, 0.15) is 49.2 Å². The summed E-state index contributed by atoms with van der Waals surface area (Å²) in [6, 6.07) is 12.5. The molecule has 1 unspecified atom stereocenters. The van der Waals surface area contributed by atoms with Gasteiger partial charge in [0.2, 0.25) is 5.91 Å². The molecule has 0 bridgehead atoms. The molecule has 0 aliphatic carbocycles. The highest BCUT2D eigenvalue weighted by molar-refractivity contribution is 7.14. The highest BCUT2D eigenvalue weighted by atomic mass is 35.5. The number of hydrogen-bond acceptors (Lipinski definition) is 5. The van der Waals surface area contributed by atoms with Crippen LogP contribution in [0, 0.1) is 0 Å². The number of nitrogens with two attached hydrogens (primary N) is 2.